The summed E-state index contributed by atoms with van der Waals surface area (Å²) < 4.78 is 42.5. The number of Topliss-reactive ketones (excluding diaryl/α,β-unsaturated/α-hetero) is 1. The Labute approximate surface area is 217 Å². The number of ether oxygens (including phenoxy) is 3. The number of nitrogens with zero attached hydrogens (tertiary/aromatic N) is 1. The summed E-state index contributed by atoms with van der Waals surface area (Å²) in [5.74, 6) is -4.22. The summed E-state index contributed by atoms with van der Waals surface area (Å²) in [6.07, 6.45) is -0.129. The molecule has 2 N–H and O–H groups in total. The molecule has 0 bridgehead atoms. The first kappa shape index (κ1) is 28.3. The minimum absolute atomic E-state index is 0.0479. The highest BCUT2D eigenvalue weighted by Gasteiger charge is 2.36. The molecule has 1 atom stereocenters. The lowest BCUT2D eigenvalue weighted by atomic mass is 9.92. The van der Waals surface area contributed by atoms with Crippen LogP contribution in [0, 0.1) is 5.92 Å². The predicted octanol–water partition coefficient (Wildman–Crippen LogP) is 4.17. The number of nitrogens with one attached hydrogen (secondary N) is 2. The number of aromatic nitrogens is 1. The molecule has 3 rings (SSSR count). The summed E-state index contributed by atoms with van der Waals surface area (Å²) in [7, 11) is 4.23. The van der Waals surface area contributed by atoms with Crippen molar-refractivity contribution in [2.24, 2.45) is 5.92 Å². The van der Waals surface area contributed by atoms with E-state index in [1.54, 1.807) is 5.38 Å². The first-order valence-electron chi connectivity index (χ1n) is 11.8. The van der Waals surface area contributed by atoms with Crippen molar-refractivity contribution in [1.29, 1.82) is 0 Å². The average molecular weight is 540 g/mol. The van der Waals surface area contributed by atoms with E-state index in [0.29, 0.717) is 5.01 Å². The third-order valence-electron chi connectivity index (χ3n) is 6.16. The van der Waals surface area contributed by atoms with Crippen LogP contribution in [0.5, 0.6) is 17.2 Å². The van der Waals surface area contributed by atoms with Gasteiger partial charge in [-0.3, -0.25) is 14.4 Å². The van der Waals surface area contributed by atoms with Gasteiger partial charge in [-0.25, -0.2) is 13.8 Å². The van der Waals surface area contributed by atoms with Crippen LogP contribution in [-0.2, 0) is 4.79 Å². The molecule has 1 aromatic heterocycles. The molecule has 12 heteroatoms. The first-order chi connectivity index (χ1) is 17.5. The zero-order valence-electron chi connectivity index (χ0n) is 21.4. The van der Waals surface area contributed by atoms with Crippen LogP contribution in [0.3, 0.4) is 0 Å². The SMILES string of the molecule is COc1cc(C(=O)C(=O)NC(c2nc(C(=O)NC3CCC(F)(F)CC3)cs2)C(C)C)cc(OC)c1OC. The highest BCUT2D eigenvalue weighted by atomic mass is 32.1. The molecule has 1 unspecified atom stereocenters. The Morgan fingerprint density at radius 3 is 2.16 bits per heavy atom. The van der Waals surface area contributed by atoms with Crippen molar-refractivity contribution < 1.29 is 37.4 Å². The number of rotatable bonds is 10. The fourth-order valence-corrected chi connectivity index (χ4v) is 5.06. The van der Waals surface area contributed by atoms with E-state index in [1.807, 2.05) is 13.8 Å². The molecule has 1 aliphatic rings. The van der Waals surface area contributed by atoms with Crippen LogP contribution in [-0.4, -0.2) is 55.9 Å². The lowest BCUT2D eigenvalue weighted by Crippen LogP contribution is -2.40. The Bertz CT molecular complexity index is 1120. The third kappa shape index (κ3) is 6.73. The van der Waals surface area contributed by atoms with Gasteiger partial charge in [-0.15, -0.1) is 11.3 Å². The van der Waals surface area contributed by atoms with Gasteiger partial charge < -0.3 is 24.8 Å². The Balaban J connectivity index is 1.72. The minimum Gasteiger partial charge on any atom is -0.493 e. The fraction of sp³-hybridized carbons (Fsp3) is 0.520. The van der Waals surface area contributed by atoms with Gasteiger partial charge in [0, 0.05) is 29.8 Å². The summed E-state index contributed by atoms with van der Waals surface area (Å²) in [4.78, 5) is 42.9. The van der Waals surface area contributed by atoms with Crippen LogP contribution in [0.25, 0.3) is 0 Å². The van der Waals surface area contributed by atoms with Crippen LogP contribution >= 0.6 is 11.3 Å². The third-order valence-corrected chi connectivity index (χ3v) is 7.09. The smallest absolute Gasteiger partial charge is 0.292 e. The monoisotopic (exact) mass is 539 g/mol. The molecule has 202 valence electrons. The number of alkyl halides is 2. The van der Waals surface area contributed by atoms with Crippen molar-refractivity contribution in [3.63, 3.8) is 0 Å². The molecular formula is C25H31F2N3O6S. The molecule has 0 aliphatic heterocycles. The van der Waals surface area contributed by atoms with E-state index < -0.39 is 29.6 Å². The molecule has 37 heavy (non-hydrogen) atoms. The Hall–Kier alpha value is -3.28. The summed E-state index contributed by atoms with van der Waals surface area (Å²) in [5, 5.41) is 7.46. The average Bonchev–Trinajstić information content (AvgIpc) is 3.36. The number of benzene rings is 1. The lowest BCUT2D eigenvalue weighted by Gasteiger charge is -2.28. The minimum atomic E-state index is -2.68. The van der Waals surface area contributed by atoms with Gasteiger partial charge in [0.15, 0.2) is 11.5 Å². The molecule has 1 aromatic carbocycles. The standard InChI is InChI=1S/C25H31F2N3O6S/c1-13(2)19(24-29-16(12-37-24)22(32)28-15-6-8-25(26,27)9-7-15)30-23(33)20(31)14-10-17(34-3)21(36-5)18(11-14)35-4/h10-13,15,19H,6-9H2,1-5H3,(H,28,32)(H,30,33). The molecule has 2 amide bonds. The van der Waals surface area contributed by atoms with Gasteiger partial charge >= 0.3 is 0 Å². The molecule has 1 heterocycles. The maximum atomic E-state index is 13.4. The number of amides is 2. The zero-order valence-corrected chi connectivity index (χ0v) is 22.2. The highest BCUT2D eigenvalue weighted by molar-refractivity contribution is 7.10. The van der Waals surface area contributed by atoms with Gasteiger partial charge in [0.1, 0.15) is 10.7 Å². The van der Waals surface area contributed by atoms with E-state index in [2.05, 4.69) is 15.6 Å². The summed E-state index contributed by atoms with van der Waals surface area (Å²) in [5.41, 5.74) is 0.181. The Morgan fingerprint density at radius 1 is 1.05 bits per heavy atom. The molecule has 0 spiro atoms. The molecule has 2 aromatic rings. The second kappa shape index (κ2) is 11.8. The van der Waals surface area contributed by atoms with Crippen molar-refractivity contribution in [1.82, 2.24) is 15.6 Å². The van der Waals surface area contributed by atoms with Crippen molar-refractivity contribution in [3.05, 3.63) is 33.8 Å². The van der Waals surface area contributed by atoms with Crippen molar-refractivity contribution in [3.8, 4) is 17.2 Å². The first-order valence-corrected chi connectivity index (χ1v) is 12.7. The maximum absolute atomic E-state index is 13.4. The van der Waals surface area contributed by atoms with Crippen LogP contribution in [0.4, 0.5) is 8.78 Å². The van der Waals surface area contributed by atoms with E-state index in [0.717, 1.165) is 0 Å². The van der Waals surface area contributed by atoms with Crippen LogP contribution in [0.1, 0.15) is 71.4 Å². The van der Waals surface area contributed by atoms with Gasteiger partial charge in [-0.2, -0.15) is 0 Å². The summed E-state index contributed by atoms with van der Waals surface area (Å²) in [6, 6.07) is 1.80. The van der Waals surface area contributed by atoms with Gasteiger partial charge in [0.05, 0.1) is 27.4 Å². The predicted molar refractivity (Wildman–Crippen MR) is 133 cm³/mol. The van der Waals surface area contributed by atoms with Gasteiger partial charge in [0.2, 0.25) is 17.5 Å². The second-order valence-corrected chi connectivity index (χ2v) is 10.0. The zero-order chi connectivity index (χ0) is 27.3. The van der Waals surface area contributed by atoms with Gasteiger partial charge in [-0.1, -0.05) is 13.8 Å². The largest absolute Gasteiger partial charge is 0.493 e. The molecular weight excluding hydrogens is 508 g/mol. The normalized spacial score (nSPS) is 16.1. The number of methoxy groups -OCH3 is 3. The lowest BCUT2D eigenvalue weighted by molar-refractivity contribution is -0.118. The van der Waals surface area contributed by atoms with Crippen LogP contribution in [0.2, 0.25) is 0 Å². The molecule has 9 nitrogen and oxygen atoms in total. The van der Waals surface area contributed by atoms with Crippen molar-refractivity contribution in [2.45, 2.75) is 57.5 Å². The van der Waals surface area contributed by atoms with Crippen LogP contribution in [0.15, 0.2) is 17.5 Å². The molecule has 0 radical (unpaired) electrons. The number of carbonyl (C=O) groups is 3. The van der Waals surface area contributed by atoms with E-state index in [-0.39, 0.29) is 66.1 Å². The second-order valence-electron chi connectivity index (χ2n) is 9.11. The summed E-state index contributed by atoms with van der Waals surface area (Å²) in [6.45, 7) is 3.69. The van der Waals surface area contributed by atoms with E-state index in [4.69, 9.17) is 14.2 Å². The molecule has 1 saturated carbocycles. The van der Waals surface area contributed by atoms with Crippen molar-refractivity contribution in [2.75, 3.05) is 21.3 Å². The molecule has 0 saturated heterocycles. The van der Waals surface area contributed by atoms with E-state index >= 15 is 0 Å². The molecule has 1 fully saturated rings. The topological polar surface area (TPSA) is 116 Å². The maximum Gasteiger partial charge on any atom is 0.292 e. The van der Waals surface area contributed by atoms with E-state index in [9.17, 15) is 23.2 Å². The number of thiazole rings is 1. The van der Waals surface area contributed by atoms with E-state index in [1.165, 1.54) is 44.8 Å². The van der Waals surface area contributed by atoms with Gasteiger partial charge in [-0.05, 0) is 30.9 Å². The Morgan fingerprint density at radius 2 is 1.65 bits per heavy atom. The number of halogens is 2. The molecule has 1 aliphatic carbocycles. The number of ketones is 1. The van der Waals surface area contributed by atoms with Crippen LogP contribution < -0.4 is 24.8 Å². The number of hydrogen-bond donors (Lipinski definition) is 2. The number of hydrogen-bond acceptors (Lipinski definition) is 8. The quantitative estimate of drug-likeness (QED) is 0.344. The van der Waals surface area contributed by atoms with Crippen molar-refractivity contribution >= 4 is 28.9 Å². The fourth-order valence-electron chi connectivity index (χ4n) is 4.04. The Kier molecular flexibility index (Phi) is 9.06. The number of carbonyl (C=O) groups excluding carboxylic acids is 3. The van der Waals surface area contributed by atoms with Gasteiger partial charge in [0.25, 0.3) is 11.8 Å². The summed E-state index contributed by atoms with van der Waals surface area (Å²) >= 11 is 1.17. The highest BCUT2D eigenvalue weighted by Crippen LogP contribution is 2.38.